The first-order valence-electron chi connectivity index (χ1n) is 6.94. The van der Waals surface area contributed by atoms with Gasteiger partial charge in [-0.1, -0.05) is 19.8 Å². The van der Waals surface area contributed by atoms with E-state index >= 15 is 0 Å². The SMILES string of the molecule is CCCCCN(C(=O)N(C)C(C)(C)C(=O)O)C(C)C. The zero-order valence-corrected chi connectivity index (χ0v) is 13.1. The van der Waals surface area contributed by atoms with Gasteiger partial charge >= 0.3 is 12.0 Å². The van der Waals surface area contributed by atoms with Gasteiger partial charge in [0.15, 0.2) is 0 Å². The molecule has 0 bridgehead atoms. The average Bonchev–Trinajstić information content (AvgIpc) is 2.32. The second kappa shape index (κ2) is 7.36. The van der Waals surface area contributed by atoms with Crippen molar-refractivity contribution in [3.05, 3.63) is 0 Å². The summed E-state index contributed by atoms with van der Waals surface area (Å²) in [6, 6.07) is -0.157. The van der Waals surface area contributed by atoms with Crippen LogP contribution >= 0.6 is 0 Å². The highest BCUT2D eigenvalue weighted by Crippen LogP contribution is 2.17. The van der Waals surface area contributed by atoms with Gasteiger partial charge in [-0.2, -0.15) is 0 Å². The van der Waals surface area contributed by atoms with Crippen molar-refractivity contribution in [3.63, 3.8) is 0 Å². The fraction of sp³-hybridized carbons (Fsp3) is 0.857. The van der Waals surface area contributed by atoms with Crippen LogP contribution in [0.2, 0.25) is 0 Å². The molecule has 5 heteroatoms. The van der Waals surface area contributed by atoms with Crippen LogP contribution in [0.1, 0.15) is 53.9 Å². The van der Waals surface area contributed by atoms with Gasteiger partial charge in [-0.05, 0) is 34.1 Å². The highest BCUT2D eigenvalue weighted by Gasteiger charge is 2.37. The summed E-state index contributed by atoms with van der Waals surface area (Å²) in [7, 11) is 1.55. The van der Waals surface area contributed by atoms with Gasteiger partial charge in [0, 0.05) is 19.6 Å². The predicted octanol–water partition coefficient (Wildman–Crippen LogP) is 2.80. The molecule has 0 saturated heterocycles. The number of urea groups is 1. The Bertz CT molecular complexity index is 314. The summed E-state index contributed by atoms with van der Waals surface area (Å²) >= 11 is 0. The van der Waals surface area contributed by atoms with Gasteiger partial charge in [0.2, 0.25) is 0 Å². The lowest BCUT2D eigenvalue weighted by molar-refractivity contribution is -0.147. The van der Waals surface area contributed by atoms with Crippen LogP contribution in [-0.2, 0) is 4.79 Å². The number of nitrogens with zero attached hydrogens (tertiary/aromatic N) is 2. The molecule has 0 rings (SSSR count). The smallest absolute Gasteiger partial charge is 0.329 e. The van der Waals surface area contributed by atoms with Crippen LogP contribution in [-0.4, -0.2) is 52.1 Å². The number of unbranched alkanes of at least 4 members (excludes halogenated alkanes) is 2. The van der Waals surface area contributed by atoms with Crippen molar-refractivity contribution in [1.29, 1.82) is 0 Å². The van der Waals surface area contributed by atoms with Crippen molar-refractivity contribution in [1.82, 2.24) is 9.80 Å². The number of aliphatic carboxylic acids is 1. The van der Waals surface area contributed by atoms with E-state index in [1.54, 1.807) is 11.9 Å². The molecule has 112 valence electrons. The first kappa shape index (κ1) is 17.7. The number of rotatable bonds is 7. The molecule has 0 heterocycles. The van der Waals surface area contributed by atoms with E-state index in [9.17, 15) is 14.7 Å². The normalized spacial score (nSPS) is 11.5. The number of hydrogen-bond acceptors (Lipinski definition) is 2. The second-order valence-corrected chi connectivity index (χ2v) is 5.70. The molecule has 0 aliphatic rings. The standard InChI is InChI=1S/C14H28N2O3/c1-7-8-9-10-16(11(2)3)13(19)15(6)14(4,5)12(17)18/h11H,7-10H2,1-6H3,(H,17,18). The maximum absolute atomic E-state index is 12.4. The maximum Gasteiger partial charge on any atom is 0.329 e. The van der Waals surface area contributed by atoms with Crippen LogP contribution in [0.3, 0.4) is 0 Å². The Hall–Kier alpha value is -1.26. The molecule has 1 N–H and O–H groups in total. The molecule has 0 aliphatic heterocycles. The van der Waals surface area contributed by atoms with Crippen LogP contribution in [0, 0.1) is 0 Å². The second-order valence-electron chi connectivity index (χ2n) is 5.70. The van der Waals surface area contributed by atoms with E-state index in [0.29, 0.717) is 6.54 Å². The Morgan fingerprint density at radius 1 is 1.21 bits per heavy atom. The van der Waals surface area contributed by atoms with Crippen LogP contribution < -0.4 is 0 Å². The fourth-order valence-corrected chi connectivity index (χ4v) is 1.68. The van der Waals surface area contributed by atoms with Crippen molar-refractivity contribution in [2.45, 2.75) is 65.5 Å². The molecule has 0 unspecified atom stereocenters. The van der Waals surface area contributed by atoms with Crippen LogP contribution in [0.25, 0.3) is 0 Å². The van der Waals surface area contributed by atoms with E-state index in [1.165, 1.54) is 18.7 Å². The van der Waals surface area contributed by atoms with E-state index in [2.05, 4.69) is 6.92 Å². The van der Waals surface area contributed by atoms with Gasteiger partial charge in [0.1, 0.15) is 5.54 Å². The minimum Gasteiger partial charge on any atom is -0.480 e. The van der Waals surface area contributed by atoms with Crippen molar-refractivity contribution in [2.75, 3.05) is 13.6 Å². The van der Waals surface area contributed by atoms with Gasteiger partial charge < -0.3 is 14.9 Å². The molecule has 0 aromatic carbocycles. The van der Waals surface area contributed by atoms with E-state index in [4.69, 9.17) is 0 Å². The van der Waals surface area contributed by atoms with Crippen molar-refractivity contribution in [2.24, 2.45) is 0 Å². The minimum absolute atomic E-state index is 0.0661. The molecule has 0 spiro atoms. The van der Waals surface area contributed by atoms with Gasteiger partial charge in [-0.15, -0.1) is 0 Å². The predicted molar refractivity (Wildman–Crippen MR) is 76.2 cm³/mol. The maximum atomic E-state index is 12.4. The first-order chi connectivity index (χ1) is 8.66. The Morgan fingerprint density at radius 3 is 2.11 bits per heavy atom. The molecule has 0 aromatic heterocycles. The lowest BCUT2D eigenvalue weighted by atomic mass is 10.0. The highest BCUT2D eigenvalue weighted by molar-refractivity contribution is 5.85. The van der Waals surface area contributed by atoms with Crippen molar-refractivity contribution < 1.29 is 14.7 Å². The number of hydrogen-bond donors (Lipinski definition) is 1. The summed E-state index contributed by atoms with van der Waals surface area (Å²) in [6.45, 7) is 9.76. The molecule has 0 atom stereocenters. The summed E-state index contributed by atoms with van der Waals surface area (Å²) in [5.74, 6) is -0.999. The molecule has 0 fully saturated rings. The van der Waals surface area contributed by atoms with Gasteiger partial charge in [0.25, 0.3) is 0 Å². The highest BCUT2D eigenvalue weighted by atomic mass is 16.4. The van der Waals surface area contributed by atoms with Crippen LogP contribution in [0.15, 0.2) is 0 Å². The number of carboxylic acid groups (broad SMARTS) is 1. The quantitative estimate of drug-likeness (QED) is 0.725. The van der Waals surface area contributed by atoms with Gasteiger partial charge in [-0.25, -0.2) is 9.59 Å². The Kier molecular flexibility index (Phi) is 6.87. The topological polar surface area (TPSA) is 60.9 Å². The molecule has 0 aromatic rings. The fourth-order valence-electron chi connectivity index (χ4n) is 1.68. The first-order valence-corrected chi connectivity index (χ1v) is 6.94. The lowest BCUT2D eigenvalue weighted by Gasteiger charge is -2.37. The third-order valence-corrected chi connectivity index (χ3v) is 3.52. The zero-order chi connectivity index (χ0) is 15.2. The zero-order valence-electron chi connectivity index (χ0n) is 13.1. The number of carbonyl (C=O) groups excluding carboxylic acids is 1. The third-order valence-electron chi connectivity index (χ3n) is 3.52. The number of carbonyl (C=O) groups is 2. The van der Waals surface area contributed by atoms with E-state index in [1.807, 2.05) is 13.8 Å². The number of likely N-dealkylation sites (N-methyl/N-ethyl adjacent to an activating group) is 1. The van der Waals surface area contributed by atoms with Gasteiger partial charge in [-0.3, -0.25) is 0 Å². The summed E-state index contributed by atoms with van der Waals surface area (Å²) in [4.78, 5) is 26.7. The molecule has 0 aliphatic carbocycles. The van der Waals surface area contributed by atoms with Crippen LogP contribution in [0.4, 0.5) is 4.79 Å². The molecular formula is C14H28N2O3. The lowest BCUT2D eigenvalue weighted by Crippen LogP contribution is -2.56. The molecule has 5 nitrogen and oxygen atoms in total. The summed E-state index contributed by atoms with van der Waals surface area (Å²) in [5.41, 5.74) is -1.20. The van der Waals surface area contributed by atoms with Gasteiger partial charge in [0.05, 0.1) is 0 Å². The third kappa shape index (κ3) is 4.73. The van der Waals surface area contributed by atoms with Crippen LogP contribution in [0.5, 0.6) is 0 Å². The minimum atomic E-state index is -1.20. The Balaban J connectivity index is 4.85. The Morgan fingerprint density at radius 2 is 1.74 bits per heavy atom. The monoisotopic (exact) mass is 272 g/mol. The van der Waals surface area contributed by atoms with E-state index in [0.717, 1.165) is 19.3 Å². The molecule has 19 heavy (non-hydrogen) atoms. The van der Waals surface area contributed by atoms with E-state index in [-0.39, 0.29) is 12.1 Å². The summed E-state index contributed by atoms with van der Waals surface area (Å²) < 4.78 is 0. The largest absolute Gasteiger partial charge is 0.480 e. The molecular weight excluding hydrogens is 244 g/mol. The number of amides is 2. The van der Waals surface area contributed by atoms with E-state index < -0.39 is 11.5 Å². The molecule has 0 radical (unpaired) electrons. The summed E-state index contributed by atoms with van der Waals surface area (Å²) in [5, 5.41) is 9.18. The summed E-state index contributed by atoms with van der Waals surface area (Å²) in [6.07, 6.45) is 3.11. The Labute approximate surface area is 116 Å². The van der Waals surface area contributed by atoms with Crippen molar-refractivity contribution >= 4 is 12.0 Å². The molecule has 2 amide bonds. The molecule has 0 saturated carbocycles. The average molecular weight is 272 g/mol. The number of carboxylic acids is 1. The van der Waals surface area contributed by atoms with Crippen molar-refractivity contribution in [3.8, 4) is 0 Å².